The minimum absolute atomic E-state index is 0.0632. The molecule has 194 valence electrons. The van der Waals surface area contributed by atoms with Gasteiger partial charge >= 0.3 is 0 Å². The van der Waals surface area contributed by atoms with Gasteiger partial charge in [-0.05, 0) is 49.1 Å². The molecule has 0 atom stereocenters. The van der Waals surface area contributed by atoms with E-state index in [4.69, 9.17) is 9.15 Å². The summed E-state index contributed by atoms with van der Waals surface area (Å²) in [5, 5.41) is 13.9. The van der Waals surface area contributed by atoms with E-state index in [1.165, 1.54) is 16.4 Å². The van der Waals surface area contributed by atoms with Crippen molar-refractivity contribution in [3.05, 3.63) is 77.3 Å². The minimum atomic E-state index is -0.497. The average Bonchev–Trinajstić information content (AvgIpc) is 3.58. The molecule has 4 rings (SSSR count). The molecule has 10 nitrogen and oxygen atoms in total. The van der Waals surface area contributed by atoms with Crippen LogP contribution < -0.4 is 15.4 Å². The Bertz CT molecular complexity index is 1410. The van der Waals surface area contributed by atoms with E-state index in [1.807, 2.05) is 38.1 Å². The molecule has 37 heavy (non-hydrogen) atoms. The lowest BCUT2D eigenvalue weighted by atomic mass is 9.87. The van der Waals surface area contributed by atoms with Gasteiger partial charge in [-0.15, -0.1) is 0 Å². The number of carbonyl (C=O) groups is 2. The van der Waals surface area contributed by atoms with Crippen molar-refractivity contribution in [3.8, 4) is 5.75 Å². The Labute approximate surface area is 215 Å². The molecule has 0 fully saturated rings. The van der Waals surface area contributed by atoms with Crippen LogP contribution in [-0.2, 0) is 25.6 Å². The Kier molecular flexibility index (Phi) is 7.19. The maximum atomic E-state index is 13.1. The SMILES string of the molecule is CCn1ncc(NC(=O)c2ccc(COc3ccc(C(C)(C)C)cc3)o2)c1C(=O)Nc1cnn(C)c1C. The molecule has 0 aliphatic rings. The second-order valence-electron chi connectivity index (χ2n) is 9.73. The number of aryl methyl sites for hydroxylation is 2. The highest BCUT2D eigenvalue weighted by atomic mass is 16.5. The Hall–Kier alpha value is -4.34. The molecule has 3 heterocycles. The number of hydrogen-bond donors (Lipinski definition) is 2. The monoisotopic (exact) mass is 504 g/mol. The molecule has 0 unspecified atom stereocenters. The third-order valence-electron chi connectivity index (χ3n) is 6.07. The van der Waals surface area contributed by atoms with Crippen molar-refractivity contribution in [2.75, 3.05) is 10.6 Å². The van der Waals surface area contributed by atoms with E-state index in [9.17, 15) is 9.59 Å². The van der Waals surface area contributed by atoms with E-state index in [-0.39, 0.29) is 29.2 Å². The average molecular weight is 505 g/mol. The van der Waals surface area contributed by atoms with E-state index in [2.05, 4.69) is 41.6 Å². The Morgan fingerprint density at radius 1 is 0.973 bits per heavy atom. The summed E-state index contributed by atoms with van der Waals surface area (Å²) in [5.74, 6) is 0.404. The van der Waals surface area contributed by atoms with Crippen molar-refractivity contribution in [2.24, 2.45) is 7.05 Å². The molecule has 3 aromatic heterocycles. The fraction of sp³-hybridized carbons (Fsp3) is 0.333. The normalized spacial score (nSPS) is 11.4. The van der Waals surface area contributed by atoms with Gasteiger partial charge in [-0.1, -0.05) is 32.9 Å². The Morgan fingerprint density at radius 2 is 1.65 bits per heavy atom. The summed E-state index contributed by atoms with van der Waals surface area (Å²) in [6, 6.07) is 11.2. The number of benzene rings is 1. The number of ether oxygens (including phenoxy) is 1. The van der Waals surface area contributed by atoms with E-state index in [1.54, 1.807) is 30.1 Å². The number of hydrogen-bond acceptors (Lipinski definition) is 6. The van der Waals surface area contributed by atoms with Crippen molar-refractivity contribution in [3.63, 3.8) is 0 Å². The summed E-state index contributed by atoms with van der Waals surface area (Å²) in [4.78, 5) is 25.9. The number of rotatable bonds is 8. The predicted octanol–water partition coefficient (Wildman–Crippen LogP) is 4.92. The standard InChI is InChI=1S/C27H32N6O4/c1-7-33-24(26(35)30-21-14-28-32(6)17(21)2)22(15-29-33)31-25(34)23-13-12-20(37-23)16-36-19-10-8-18(9-11-19)27(3,4)5/h8-15H,7,16H2,1-6H3,(H,30,35)(H,31,34). The number of nitrogens with one attached hydrogen (secondary N) is 2. The zero-order chi connectivity index (χ0) is 26.7. The third kappa shape index (κ3) is 5.74. The molecule has 1 aromatic carbocycles. The number of amides is 2. The molecule has 2 N–H and O–H groups in total. The molecule has 0 saturated heterocycles. The number of furan rings is 1. The summed E-state index contributed by atoms with van der Waals surface area (Å²) in [6.07, 6.45) is 3.02. The minimum Gasteiger partial charge on any atom is -0.486 e. The van der Waals surface area contributed by atoms with Gasteiger partial charge in [0.1, 0.15) is 23.8 Å². The first-order valence-electron chi connectivity index (χ1n) is 12.1. The van der Waals surface area contributed by atoms with Crippen LogP contribution in [0.2, 0.25) is 0 Å². The molecule has 0 spiro atoms. The molecule has 0 saturated carbocycles. The van der Waals surface area contributed by atoms with E-state index in [0.717, 1.165) is 5.69 Å². The second kappa shape index (κ2) is 10.3. The maximum absolute atomic E-state index is 13.1. The van der Waals surface area contributed by atoms with E-state index in [0.29, 0.717) is 23.7 Å². The fourth-order valence-corrected chi connectivity index (χ4v) is 3.73. The van der Waals surface area contributed by atoms with Gasteiger partial charge in [-0.3, -0.25) is 19.0 Å². The lowest BCUT2D eigenvalue weighted by Crippen LogP contribution is -2.21. The molecule has 2 amide bonds. The molecule has 0 radical (unpaired) electrons. The summed E-state index contributed by atoms with van der Waals surface area (Å²) in [7, 11) is 1.79. The van der Waals surface area contributed by atoms with Crippen molar-refractivity contribution >= 4 is 23.2 Å². The third-order valence-corrected chi connectivity index (χ3v) is 6.07. The topological polar surface area (TPSA) is 116 Å². The van der Waals surface area contributed by atoms with Gasteiger partial charge in [0.15, 0.2) is 5.76 Å². The maximum Gasteiger partial charge on any atom is 0.291 e. The van der Waals surface area contributed by atoms with Gasteiger partial charge < -0.3 is 19.8 Å². The van der Waals surface area contributed by atoms with Crippen molar-refractivity contribution in [1.82, 2.24) is 19.6 Å². The lowest BCUT2D eigenvalue weighted by Gasteiger charge is -2.19. The molecule has 0 aliphatic carbocycles. The molecule has 4 aromatic rings. The highest BCUT2D eigenvalue weighted by Gasteiger charge is 2.23. The van der Waals surface area contributed by atoms with Crippen LogP contribution in [0.25, 0.3) is 0 Å². The first-order chi connectivity index (χ1) is 17.6. The number of aromatic nitrogens is 4. The summed E-state index contributed by atoms with van der Waals surface area (Å²) >= 11 is 0. The smallest absolute Gasteiger partial charge is 0.291 e. The first-order valence-corrected chi connectivity index (χ1v) is 12.1. The highest BCUT2D eigenvalue weighted by Crippen LogP contribution is 2.25. The van der Waals surface area contributed by atoms with Crippen molar-refractivity contribution in [2.45, 2.75) is 53.2 Å². The van der Waals surface area contributed by atoms with Gasteiger partial charge in [-0.25, -0.2) is 0 Å². The number of carbonyl (C=O) groups excluding carboxylic acids is 2. The van der Waals surface area contributed by atoms with Crippen LogP contribution in [0.4, 0.5) is 11.4 Å². The summed E-state index contributed by atoms with van der Waals surface area (Å²) in [5.41, 5.74) is 3.17. The van der Waals surface area contributed by atoms with Crippen LogP contribution >= 0.6 is 0 Å². The molecule has 10 heteroatoms. The van der Waals surface area contributed by atoms with Gasteiger partial charge in [0.25, 0.3) is 11.8 Å². The molecular formula is C27H32N6O4. The zero-order valence-electron chi connectivity index (χ0n) is 22.0. The number of nitrogens with zero attached hydrogens (tertiary/aromatic N) is 4. The second-order valence-corrected chi connectivity index (χ2v) is 9.73. The van der Waals surface area contributed by atoms with Gasteiger partial charge in [0, 0.05) is 13.6 Å². The summed E-state index contributed by atoms with van der Waals surface area (Å²) < 4.78 is 14.7. The zero-order valence-corrected chi connectivity index (χ0v) is 22.0. The van der Waals surface area contributed by atoms with E-state index >= 15 is 0 Å². The van der Waals surface area contributed by atoms with Crippen LogP contribution in [0, 0.1) is 6.92 Å². The Morgan fingerprint density at radius 3 is 2.27 bits per heavy atom. The van der Waals surface area contributed by atoms with Gasteiger partial charge in [0.2, 0.25) is 0 Å². The quantitative estimate of drug-likeness (QED) is 0.352. The lowest BCUT2D eigenvalue weighted by molar-refractivity contribution is 0.0992. The van der Waals surface area contributed by atoms with Crippen LogP contribution in [0.5, 0.6) is 5.75 Å². The van der Waals surface area contributed by atoms with Crippen molar-refractivity contribution in [1.29, 1.82) is 0 Å². The highest BCUT2D eigenvalue weighted by molar-refractivity contribution is 6.11. The fourth-order valence-electron chi connectivity index (χ4n) is 3.73. The molecular weight excluding hydrogens is 472 g/mol. The van der Waals surface area contributed by atoms with Crippen LogP contribution in [-0.4, -0.2) is 31.4 Å². The summed E-state index contributed by atoms with van der Waals surface area (Å²) in [6.45, 7) is 10.8. The van der Waals surface area contributed by atoms with Crippen molar-refractivity contribution < 1.29 is 18.7 Å². The van der Waals surface area contributed by atoms with Gasteiger partial charge in [0.05, 0.1) is 29.5 Å². The predicted molar refractivity (Wildman–Crippen MR) is 140 cm³/mol. The van der Waals surface area contributed by atoms with Crippen LogP contribution in [0.15, 0.2) is 53.2 Å². The van der Waals surface area contributed by atoms with Crippen LogP contribution in [0.3, 0.4) is 0 Å². The number of anilines is 2. The molecule has 0 bridgehead atoms. The largest absolute Gasteiger partial charge is 0.486 e. The van der Waals surface area contributed by atoms with Gasteiger partial charge in [-0.2, -0.15) is 10.2 Å². The Balaban J connectivity index is 1.42. The van der Waals surface area contributed by atoms with E-state index < -0.39 is 11.8 Å². The first kappa shape index (κ1) is 25.7. The van der Waals surface area contributed by atoms with Crippen LogP contribution in [0.1, 0.15) is 65.8 Å². The molecule has 0 aliphatic heterocycles.